The molecule has 1 aromatic carbocycles. The number of hydrogen-bond acceptors (Lipinski definition) is 2. The Morgan fingerprint density at radius 1 is 1.00 bits per heavy atom. The van der Waals surface area contributed by atoms with Gasteiger partial charge in [-0.05, 0) is 46.1 Å². The topological polar surface area (TPSA) is 18.5 Å². The summed E-state index contributed by atoms with van der Waals surface area (Å²) in [4.78, 5) is 0. The van der Waals surface area contributed by atoms with E-state index < -0.39 is 0 Å². The van der Waals surface area contributed by atoms with Gasteiger partial charge in [-0.2, -0.15) is 0 Å². The first-order valence-corrected chi connectivity index (χ1v) is 6.97. The van der Waals surface area contributed by atoms with Crippen molar-refractivity contribution in [1.82, 2.24) is 0 Å². The van der Waals surface area contributed by atoms with Crippen LogP contribution in [0.1, 0.15) is 39.7 Å². The van der Waals surface area contributed by atoms with Crippen LogP contribution in [0, 0.1) is 0 Å². The van der Waals surface area contributed by atoms with Crippen LogP contribution >= 0.6 is 0 Å². The van der Waals surface area contributed by atoms with E-state index in [-0.39, 0.29) is 18.3 Å². The van der Waals surface area contributed by atoms with Crippen molar-refractivity contribution in [2.75, 3.05) is 0 Å². The summed E-state index contributed by atoms with van der Waals surface area (Å²) < 4.78 is 11.8. The van der Waals surface area contributed by atoms with Crippen LogP contribution in [-0.4, -0.2) is 18.3 Å². The van der Waals surface area contributed by atoms with E-state index in [9.17, 15) is 0 Å². The van der Waals surface area contributed by atoms with E-state index >= 15 is 0 Å². The zero-order valence-electron chi connectivity index (χ0n) is 12.3. The van der Waals surface area contributed by atoms with E-state index in [1.165, 1.54) is 5.56 Å². The largest absolute Gasteiger partial charge is 0.486 e. The third kappa shape index (κ3) is 3.49. The lowest BCUT2D eigenvalue weighted by molar-refractivity contribution is 0.00578. The smallest absolute Gasteiger partial charge is 0.400 e. The molecular weight excluding hydrogens is 235 g/mol. The maximum absolute atomic E-state index is 5.91. The zero-order valence-corrected chi connectivity index (χ0v) is 12.3. The number of rotatable bonds is 4. The molecule has 0 N–H and O–H groups in total. The minimum atomic E-state index is -0.249. The van der Waals surface area contributed by atoms with E-state index in [1.54, 1.807) is 0 Å². The van der Waals surface area contributed by atoms with Gasteiger partial charge >= 0.3 is 7.12 Å². The fourth-order valence-electron chi connectivity index (χ4n) is 2.07. The second-order valence-electron chi connectivity index (χ2n) is 6.08. The minimum Gasteiger partial charge on any atom is -0.400 e. The molecule has 1 fully saturated rings. The molecule has 1 saturated heterocycles. The van der Waals surface area contributed by atoms with Crippen LogP contribution in [0.2, 0.25) is 0 Å². The van der Waals surface area contributed by atoms with Gasteiger partial charge in [-0.1, -0.05) is 42.4 Å². The van der Waals surface area contributed by atoms with Gasteiger partial charge in [0.25, 0.3) is 0 Å². The van der Waals surface area contributed by atoms with Crippen molar-refractivity contribution in [3.63, 3.8) is 0 Å². The van der Waals surface area contributed by atoms with Gasteiger partial charge in [0, 0.05) is 0 Å². The summed E-state index contributed by atoms with van der Waals surface area (Å²) in [5, 5.41) is 0. The van der Waals surface area contributed by atoms with E-state index in [0.717, 1.165) is 12.8 Å². The van der Waals surface area contributed by atoms with Gasteiger partial charge in [-0.3, -0.25) is 0 Å². The molecular formula is C16H23BO2. The molecule has 0 radical (unpaired) electrons. The van der Waals surface area contributed by atoms with Crippen molar-refractivity contribution in [3.05, 3.63) is 47.9 Å². The molecule has 1 aromatic rings. The highest BCUT2D eigenvalue weighted by Gasteiger charge is 2.49. The van der Waals surface area contributed by atoms with Gasteiger partial charge < -0.3 is 9.31 Å². The Morgan fingerprint density at radius 2 is 1.58 bits per heavy atom. The molecule has 0 unspecified atom stereocenters. The van der Waals surface area contributed by atoms with Gasteiger partial charge in [0.05, 0.1) is 11.2 Å². The Balaban J connectivity index is 1.82. The van der Waals surface area contributed by atoms with E-state index in [2.05, 4.69) is 58.0 Å². The summed E-state index contributed by atoms with van der Waals surface area (Å²) >= 11 is 0. The van der Waals surface area contributed by atoms with Crippen LogP contribution in [0.4, 0.5) is 0 Å². The molecule has 19 heavy (non-hydrogen) atoms. The highest BCUT2D eigenvalue weighted by Crippen LogP contribution is 2.36. The third-order valence-corrected chi connectivity index (χ3v) is 4.01. The van der Waals surface area contributed by atoms with E-state index in [1.807, 2.05) is 12.0 Å². The highest BCUT2D eigenvalue weighted by atomic mass is 16.7. The van der Waals surface area contributed by atoms with Crippen LogP contribution in [0.15, 0.2) is 42.4 Å². The first-order valence-electron chi connectivity index (χ1n) is 6.97. The Hall–Kier alpha value is -1.06. The molecule has 2 rings (SSSR count). The summed E-state index contributed by atoms with van der Waals surface area (Å²) in [5.74, 6) is 2.03. The van der Waals surface area contributed by atoms with Crippen LogP contribution < -0.4 is 0 Å². The molecule has 0 atom stereocenters. The number of benzene rings is 1. The second kappa shape index (κ2) is 5.52. The maximum Gasteiger partial charge on any atom is 0.486 e. The van der Waals surface area contributed by atoms with Crippen molar-refractivity contribution in [3.8, 4) is 0 Å². The van der Waals surface area contributed by atoms with Crippen molar-refractivity contribution >= 4 is 7.12 Å². The second-order valence-corrected chi connectivity index (χ2v) is 6.08. The van der Waals surface area contributed by atoms with Gasteiger partial charge in [-0.25, -0.2) is 0 Å². The fraction of sp³-hybridized carbons (Fsp3) is 0.500. The number of allylic oxidation sites excluding steroid dienone is 1. The average Bonchev–Trinajstić information content (AvgIpc) is 2.55. The van der Waals surface area contributed by atoms with E-state index in [0.29, 0.717) is 0 Å². The summed E-state index contributed by atoms with van der Waals surface area (Å²) in [6.45, 7) is 8.30. The van der Waals surface area contributed by atoms with Gasteiger partial charge in [0.15, 0.2) is 0 Å². The van der Waals surface area contributed by atoms with Gasteiger partial charge in [0.2, 0.25) is 0 Å². The summed E-state index contributed by atoms with van der Waals surface area (Å²) in [6, 6.07) is 10.5. The summed E-state index contributed by atoms with van der Waals surface area (Å²) in [5.41, 5.74) is 0.865. The van der Waals surface area contributed by atoms with Crippen LogP contribution in [0.25, 0.3) is 0 Å². The molecule has 1 aliphatic rings. The fourth-order valence-corrected chi connectivity index (χ4v) is 2.07. The highest BCUT2D eigenvalue weighted by molar-refractivity contribution is 6.51. The monoisotopic (exact) mass is 258 g/mol. The van der Waals surface area contributed by atoms with Crippen LogP contribution in [0.5, 0.6) is 0 Å². The lowest BCUT2D eigenvalue weighted by Gasteiger charge is -2.32. The van der Waals surface area contributed by atoms with Gasteiger partial charge in [-0.15, -0.1) is 0 Å². The standard InChI is InChI=1S/C16H23BO2/c1-15(2)16(3,4)19-17(18-15)13-9-8-12-14-10-6-5-7-11-14/h5-7,9-11,13H,8,12H2,1-4H3/b13-9+. The minimum absolute atomic E-state index is 0.222. The molecule has 2 nitrogen and oxygen atoms in total. The molecule has 3 heteroatoms. The molecule has 1 aliphatic heterocycles. The van der Waals surface area contributed by atoms with Crippen molar-refractivity contribution in [1.29, 1.82) is 0 Å². The van der Waals surface area contributed by atoms with Gasteiger partial charge in [0.1, 0.15) is 0 Å². The molecule has 0 amide bonds. The molecule has 1 heterocycles. The maximum atomic E-state index is 5.91. The van der Waals surface area contributed by atoms with Crippen LogP contribution in [-0.2, 0) is 15.7 Å². The number of aryl methyl sites for hydroxylation is 1. The number of hydrogen-bond donors (Lipinski definition) is 0. The average molecular weight is 258 g/mol. The summed E-state index contributed by atoms with van der Waals surface area (Å²) in [7, 11) is -0.222. The molecule has 0 bridgehead atoms. The van der Waals surface area contributed by atoms with Crippen molar-refractivity contribution in [2.24, 2.45) is 0 Å². The first-order chi connectivity index (χ1) is 8.91. The Bertz CT molecular complexity index is 421. The Labute approximate surface area is 117 Å². The predicted octanol–water partition coefficient (Wildman–Crippen LogP) is 3.81. The third-order valence-electron chi connectivity index (χ3n) is 4.01. The Morgan fingerprint density at radius 3 is 2.16 bits per heavy atom. The predicted molar refractivity (Wildman–Crippen MR) is 80.0 cm³/mol. The quantitative estimate of drug-likeness (QED) is 0.764. The lowest BCUT2D eigenvalue weighted by atomic mass is 9.89. The molecule has 0 aromatic heterocycles. The summed E-state index contributed by atoms with van der Waals surface area (Å²) in [6.07, 6.45) is 4.21. The van der Waals surface area contributed by atoms with E-state index in [4.69, 9.17) is 9.31 Å². The van der Waals surface area contributed by atoms with Crippen LogP contribution in [0.3, 0.4) is 0 Å². The Kier molecular flexibility index (Phi) is 4.17. The van der Waals surface area contributed by atoms with Crippen molar-refractivity contribution < 1.29 is 9.31 Å². The molecule has 0 saturated carbocycles. The zero-order chi connectivity index (χ0) is 13.9. The molecule has 0 aliphatic carbocycles. The molecule has 102 valence electrons. The first kappa shape index (κ1) is 14.4. The molecule has 0 spiro atoms. The lowest BCUT2D eigenvalue weighted by Crippen LogP contribution is -2.41. The SMILES string of the molecule is CC1(C)OB(/C=C/CCc2ccccc2)OC1(C)C. The van der Waals surface area contributed by atoms with Crippen molar-refractivity contribution in [2.45, 2.75) is 51.7 Å². The normalized spacial score (nSPS) is 21.2.